The highest BCUT2D eigenvalue weighted by Crippen LogP contribution is 2.53. The minimum Gasteiger partial charge on any atom is -0.406 e. The SMILES string of the molecule is CCC[C@]1(C)N(c2ccc(C#N)cc2)C(=O)N(c2ccc(C#N)cc2)C1(O)c1cccc(OC(F)(F)F)c1. The maximum Gasteiger partial charge on any atom is 0.573 e. The maximum atomic E-state index is 14.2. The molecule has 0 saturated carbocycles. The largest absolute Gasteiger partial charge is 0.573 e. The second-order valence-electron chi connectivity index (χ2n) is 9.04. The zero-order chi connectivity index (χ0) is 27.7. The van der Waals surface area contributed by atoms with Gasteiger partial charge < -0.3 is 9.84 Å². The van der Waals surface area contributed by atoms with Crippen LogP contribution in [0.4, 0.5) is 29.3 Å². The van der Waals surface area contributed by atoms with Gasteiger partial charge in [-0.15, -0.1) is 13.2 Å². The highest BCUT2D eigenvalue weighted by Gasteiger charge is 2.65. The van der Waals surface area contributed by atoms with Crippen LogP contribution in [-0.2, 0) is 5.72 Å². The van der Waals surface area contributed by atoms with Crippen LogP contribution in [0.2, 0.25) is 0 Å². The minimum atomic E-state index is -4.96. The first-order chi connectivity index (χ1) is 18.0. The zero-order valence-corrected chi connectivity index (χ0v) is 20.5. The van der Waals surface area contributed by atoms with Gasteiger partial charge in [0.2, 0.25) is 0 Å². The Morgan fingerprint density at radius 1 is 0.921 bits per heavy atom. The molecule has 38 heavy (non-hydrogen) atoms. The lowest BCUT2D eigenvalue weighted by Gasteiger charge is -2.45. The Balaban J connectivity index is 1.98. The first kappa shape index (κ1) is 26.5. The number of nitriles is 2. The van der Waals surface area contributed by atoms with Gasteiger partial charge in [-0.3, -0.25) is 9.80 Å². The molecule has 10 heteroatoms. The van der Waals surface area contributed by atoms with Crippen molar-refractivity contribution in [3.63, 3.8) is 0 Å². The van der Waals surface area contributed by atoms with E-state index in [1.54, 1.807) is 19.1 Å². The number of halogens is 3. The van der Waals surface area contributed by atoms with Gasteiger partial charge in [-0.25, -0.2) is 4.79 Å². The van der Waals surface area contributed by atoms with Gasteiger partial charge >= 0.3 is 12.4 Å². The fourth-order valence-electron chi connectivity index (χ4n) is 5.03. The van der Waals surface area contributed by atoms with Gasteiger partial charge in [-0.05, 0) is 74.0 Å². The van der Waals surface area contributed by atoms with Crippen molar-refractivity contribution in [3.05, 3.63) is 89.5 Å². The fourth-order valence-corrected chi connectivity index (χ4v) is 5.03. The van der Waals surface area contributed by atoms with Crippen LogP contribution in [-0.4, -0.2) is 23.0 Å². The Labute approximate surface area is 217 Å². The van der Waals surface area contributed by atoms with Gasteiger partial charge in [0, 0.05) is 16.9 Å². The van der Waals surface area contributed by atoms with Crippen LogP contribution in [0.25, 0.3) is 0 Å². The Kier molecular flexibility index (Phi) is 6.79. The molecule has 1 aliphatic rings. The van der Waals surface area contributed by atoms with Crippen molar-refractivity contribution in [1.82, 2.24) is 0 Å². The standard InChI is InChI=1S/C28H23F3N4O3/c1-3-15-26(2)27(37,21-5-4-6-24(16-21)38-28(29,30)31)35(23-13-9-20(18-33)10-14-23)25(36)34(26)22-11-7-19(17-32)8-12-22/h4-14,16,37H,3,15H2,1-2H3/t26-,27?/m0/s1. The molecule has 2 amide bonds. The first-order valence-electron chi connectivity index (χ1n) is 11.7. The molecule has 1 heterocycles. The average Bonchev–Trinajstić information content (AvgIpc) is 3.06. The summed E-state index contributed by atoms with van der Waals surface area (Å²) in [4.78, 5) is 16.7. The lowest BCUT2D eigenvalue weighted by Crippen LogP contribution is -2.58. The van der Waals surface area contributed by atoms with Crippen molar-refractivity contribution in [2.75, 3.05) is 9.80 Å². The summed E-state index contributed by atoms with van der Waals surface area (Å²) >= 11 is 0. The summed E-state index contributed by atoms with van der Waals surface area (Å²) in [5.41, 5.74) is -2.24. The van der Waals surface area contributed by atoms with Crippen LogP contribution in [0.3, 0.4) is 0 Å². The third kappa shape index (κ3) is 4.40. The van der Waals surface area contributed by atoms with E-state index in [0.29, 0.717) is 23.2 Å². The third-order valence-corrected chi connectivity index (χ3v) is 6.67. The summed E-state index contributed by atoms with van der Waals surface area (Å²) in [6, 6.07) is 20.5. The number of anilines is 2. The summed E-state index contributed by atoms with van der Waals surface area (Å²) in [7, 11) is 0. The quantitative estimate of drug-likeness (QED) is 0.418. The fraction of sp³-hybridized carbons (Fsp3) is 0.250. The molecule has 0 bridgehead atoms. The molecule has 4 rings (SSSR count). The van der Waals surface area contributed by atoms with Gasteiger partial charge in [-0.1, -0.05) is 25.5 Å². The number of aliphatic hydroxyl groups is 1. The number of benzene rings is 3. The van der Waals surface area contributed by atoms with E-state index < -0.39 is 29.4 Å². The molecule has 0 aliphatic carbocycles. The topological polar surface area (TPSA) is 101 Å². The van der Waals surface area contributed by atoms with Crippen molar-refractivity contribution >= 4 is 17.4 Å². The number of urea groups is 1. The molecule has 1 unspecified atom stereocenters. The molecule has 3 aromatic carbocycles. The van der Waals surface area contributed by atoms with Crippen LogP contribution >= 0.6 is 0 Å². The number of hydrogen-bond acceptors (Lipinski definition) is 5. The average molecular weight is 521 g/mol. The maximum absolute atomic E-state index is 14.2. The van der Waals surface area contributed by atoms with Crippen LogP contribution in [0.15, 0.2) is 72.8 Å². The molecule has 3 aromatic rings. The smallest absolute Gasteiger partial charge is 0.406 e. The number of nitrogens with zero attached hydrogens (tertiary/aromatic N) is 4. The highest BCUT2D eigenvalue weighted by molar-refractivity contribution is 6.09. The van der Waals surface area contributed by atoms with Crippen molar-refractivity contribution < 1.29 is 27.8 Å². The zero-order valence-electron chi connectivity index (χ0n) is 20.5. The van der Waals surface area contributed by atoms with Gasteiger partial charge in [0.1, 0.15) is 5.75 Å². The number of amides is 2. The van der Waals surface area contributed by atoms with Crippen molar-refractivity contribution in [1.29, 1.82) is 10.5 Å². The Morgan fingerprint density at radius 2 is 1.45 bits per heavy atom. The molecule has 0 aromatic heterocycles. The van der Waals surface area contributed by atoms with Crippen LogP contribution in [0.5, 0.6) is 5.75 Å². The van der Waals surface area contributed by atoms with Crippen LogP contribution in [0, 0.1) is 22.7 Å². The molecular formula is C28H23F3N4O3. The molecule has 2 atom stereocenters. The van der Waals surface area contributed by atoms with Gasteiger partial charge in [0.15, 0.2) is 5.72 Å². The van der Waals surface area contributed by atoms with E-state index >= 15 is 0 Å². The summed E-state index contributed by atoms with van der Waals surface area (Å²) < 4.78 is 43.2. The van der Waals surface area contributed by atoms with Crippen molar-refractivity contribution in [2.45, 2.75) is 44.3 Å². The van der Waals surface area contributed by atoms with Crippen molar-refractivity contribution in [3.8, 4) is 17.9 Å². The Hall–Kier alpha value is -4.54. The van der Waals surface area contributed by atoms with E-state index in [1.165, 1.54) is 53.4 Å². The number of ether oxygens (including phenoxy) is 1. The molecule has 0 radical (unpaired) electrons. The molecular weight excluding hydrogens is 497 g/mol. The molecule has 194 valence electrons. The summed E-state index contributed by atoms with van der Waals surface area (Å²) in [5, 5.41) is 31.0. The Bertz CT molecular complexity index is 1430. The first-order valence-corrected chi connectivity index (χ1v) is 11.7. The lowest BCUT2D eigenvalue weighted by molar-refractivity contribution is -0.274. The molecule has 0 spiro atoms. The molecule has 1 N–H and O–H groups in total. The number of rotatable bonds is 6. The van der Waals surface area contributed by atoms with Gasteiger partial charge in [0.05, 0.1) is 28.8 Å². The summed E-state index contributed by atoms with van der Waals surface area (Å²) in [6.07, 6.45) is -4.19. The van der Waals surface area contributed by atoms with E-state index in [-0.39, 0.29) is 17.7 Å². The monoisotopic (exact) mass is 520 g/mol. The minimum absolute atomic E-state index is 0.00375. The summed E-state index contributed by atoms with van der Waals surface area (Å²) in [5.74, 6) is -0.550. The predicted octanol–water partition coefficient (Wildman–Crippen LogP) is 6.18. The highest BCUT2D eigenvalue weighted by atomic mass is 19.4. The summed E-state index contributed by atoms with van der Waals surface area (Å²) in [6.45, 7) is 3.52. The number of alkyl halides is 3. The van der Waals surface area contributed by atoms with E-state index in [2.05, 4.69) is 4.74 Å². The predicted molar refractivity (Wildman–Crippen MR) is 133 cm³/mol. The number of hydrogen-bond donors (Lipinski definition) is 1. The van der Waals surface area contributed by atoms with Gasteiger partial charge in [0.25, 0.3) is 0 Å². The molecule has 7 nitrogen and oxygen atoms in total. The second kappa shape index (κ2) is 9.73. The molecule has 1 fully saturated rings. The van der Waals surface area contributed by atoms with E-state index in [1.807, 2.05) is 19.1 Å². The van der Waals surface area contributed by atoms with E-state index in [4.69, 9.17) is 0 Å². The Morgan fingerprint density at radius 3 is 1.92 bits per heavy atom. The lowest BCUT2D eigenvalue weighted by atomic mass is 9.78. The normalized spacial score (nSPS) is 21.2. The van der Waals surface area contributed by atoms with E-state index in [0.717, 1.165) is 17.0 Å². The van der Waals surface area contributed by atoms with Crippen LogP contribution in [0.1, 0.15) is 43.4 Å². The van der Waals surface area contributed by atoms with Gasteiger partial charge in [-0.2, -0.15) is 10.5 Å². The second-order valence-corrected chi connectivity index (χ2v) is 9.04. The van der Waals surface area contributed by atoms with Crippen molar-refractivity contribution in [2.24, 2.45) is 0 Å². The molecule has 1 saturated heterocycles. The molecule has 1 aliphatic heterocycles. The third-order valence-electron chi connectivity index (χ3n) is 6.67. The van der Waals surface area contributed by atoms with Crippen LogP contribution < -0.4 is 14.5 Å². The number of carbonyl (C=O) groups excluding carboxylic acids is 1. The number of carbonyl (C=O) groups is 1. The van der Waals surface area contributed by atoms with E-state index in [9.17, 15) is 33.6 Å².